The van der Waals surface area contributed by atoms with Crippen molar-refractivity contribution in [1.29, 1.82) is 0 Å². The van der Waals surface area contributed by atoms with Crippen LogP contribution in [-0.4, -0.2) is 18.8 Å². The number of hydrogen-bond acceptors (Lipinski definition) is 6. The van der Waals surface area contributed by atoms with Crippen molar-refractivity contribution in [2.24, 2.45) is 0 Å². The first kappa shape index (κ1) is 25.7. The van der Waals surface area contributed by atoms with E-state index in [1.54, 1.807) is 18.2 Å². The summed E-state index contributed by atoms with van der Waals surface area (Å²) in [5.74, 6) is 0.543. The molecule has 1 aliphatic rings. The number of benzene rings is 4. The highest BCUT2D eigenvalue weighted by Crippen LogP contribution is 2.39. The van der Waals surface area contributed by atoms with Crippen LogP contribution in [0.5, 0.6) is 5.75 Å². The maximum absolute atomic E-state index is 13.2. The first-order valence-corrected chi connectivity index (χ1v) is 12.6. The molecular weight excluding hydrogens is 494 g/mol. The highest BCUT2D eigenvalue weighted by Gasteiger charge is 2.33. The average Bonchev–Trinajstić information content (AvgIpc) is 2.99. The molecule has 0 saturated carbocycles. The van der Waals surface area contributed by atoms with E-state index in [4.69, 9.17) is 14.2 Å². The summed E-state index contributed by atoms with van der Waals surface area (Å²) in [5, 5.41) is 4.56. The number of hydrogen-bond donors (Lipinski definition) is 2. The largest absolute Gasteiger partial charge is 0.489 e. The monoisotopic (exact) mass is 523 g/mol. The van der Waals surface area contributed by atoms with Gasteiger partial charge in [0.05, 0.1) is 16.9 Å². The van der Waals surface area contributed by atoms with E-state index in [-0.39, 0.29) is 13.2 Å². The number of rotatable bonds is 6. The quantitative estimate of drug-likeness (QED) is 0.285. The maximum Gasteiger partial charge on any atom is 0.433 e. The third-order valence-electron chi connectivity index (χ3n) is 6.36. The second-order valence-corrected chi connectivity index (χ2v) is 9.34. The van der Waals surface area contributed by atoms with Gasteiger partial charge in [-0.15, -0.1) is 0 Å². The Balaban J connectivity index is 1.34. The van der Waals surface area contributed by atoms with Gasteiger partial charge in [0.1, 0.15) is 25.6 Å². The van der Waals surface area contributed by atoms with Gasteiger partial charge in [-0.3, -0.25) is 0 Å². The van der Waals surface area contributed by atoms with E-state index in [9.17, 15) is 9.59 Å². The van der Waals surface area contributed by atoms with Crippen molar-refractivity contribution in [2.75, 3.05) is 16.9 Å². The van der Waals surface area contributed by atoms with Crippen molar-refractivity contribution in [3.63, 3.8) is 0 Å². The number of ether oxygens (including phenoxy) is 3. The van der Waals surface area contributed by atoms with Gasteiger partial charge in [0, 0.05) is 6.07 Å². The van der Waals surface area contributed by atoms with Crippen LogP contribution in [0, 0.1) is 0 Å². The van der Waals surface area contributed by atoms with Crippen LogP contribution in [0.4, 0.5) is 21.0 Å². The fourth-order valence-corrected chi connectivity index (χ4v) is 4.24. The molecule has 0 aromatic heterocycles. The van der Waals surface area contributed by atoms with Gasteiger partial charge in [0.15, 0.2) is 0 Å². The summed E-state index contributed by atoms with van der Waals surface area (Å²) < 4.78 is 17.0. The molecule has 4 aromatic rings. The molecule has 1 atom stereocenters. The number of carbonyl (C=O) groups excluding carboxylic acids is 2. The van der Waals surface area contributed by atoms with E-state index in [2.05, 4.69) is 17.7 Å². The van der Waals surface area contributed by atoms with Gasteiger partial charge in [-0.25, -0.2) is 15.0 Å². The van der Waals surface area contributed by atoms with Crippen LogP contribution in [-0.2, 0) is 28.2 Å². The van der Waals surface area contributed by atoms with Gasteiger partial charge < -0.3 is 19.5 Å². The normalized spacial score (nSPS) is 15.6. The molecule has 4 aromatic carbocycles. The Morgan fingerprint density at radius 3 is 2.08 bits per heavy atom. The lowest BCUT2D eigenvalue weighted by Crippen LogP contribution is -2.47. The fraction of sp³-hybridized carbons (Fsp3) is 0.161. The van der Waals surface area contributed by atoms with Gasteiger partial charge >= 0.3 is 12.2 Å². The van der Waals surface area contributed by atoms with E-state index in [0.717, 1.165) is 27.4 Å². The highest BCUT2D eigenvalue weighted by molar-refractivity contribution is 5.91. The van der Waals surface area contributed by atoms with Crippen molar-refractivity contribution in [3.8, 4) is 5.75 Å². The molecule has 5 rings (SSSR count). The molecule has 1 unspecified atom stereocenters. The summed E-state index contributed by atoms with van der Waals surface area (Å²) in [6.07, 6.45) is -1.57. The van der Waals surface area contributed by atoms with Crippen LogP contribution in [0.1, 0.15) is 23.6 Å². The Hall–Kier alpha value is -4.98. The molecule has 0 radical (unpaired) electrons. The summed E-state index contributed by atoms with van der Waals surface area (Å²) in [5.41, 5.74) is 5.93. The van der Waals surface area contributed by atoms with Gasteiger partial charge in [-0.05, 0) is 35.7 Å². The summed E-state index contributed by atoms with van der Waals surface area (Å²) in [4.78, 5) is 25.8. The average molecular weight is 524 g/mol. The summed E-state index contributed by atoms with van der Waals surface area (Å²) >= 11 is 0. The molecule has 0 aliphatic carbocycles. The Bertz CT molecular complexity index is 1420. The van der Waals surface area contributed by atoms with E-state index in [1.165, 1.54) is 0 Å². The minimum absolute atomic E-state index is 0.0370. The van der Waals surface area contributed by atoms with Crippen LogP contribution >= 0.6 is 0 Å². The number of nitrogens with one attached hydrogen (secondary N) is 2. The Morgan fingerprint density at radius 1 is 0.846 bits per heavy atom. The summed E-state index contributed by atoms with van der Waals surface area (Å²) in [7, 11) is 0. The van der Waals surface area contributed by atoms with Crippen LogP contribution < -0.4 is 20.5 Å². The zero-order valence-corrected chi connectivity index (χ0v) is 21.5. The Morgan fingerprint density at radius 2 is 1.44 bits per heavy atom. The lowest BCUT2D eigenvalue weighted by molar-refractivity contribution is 0.126. The molecule has 8 heteroatoms. The Kier molecular flexibility index (Phi) is 7.63. The zero-order valence-electron chi connectivity index (χ0n) is 21.5. The molecular formula is C31H29N3O5. The number of nitrogens with zero attached hydrogens (tertiary/aromatic N) is 1. The molecule has 0 spiro atoms. The van der Waals surface area contributed by atoms with Crippen LogP contribution in [0.25, 0.3) is 0 Å². The summed E-state index contributed by atoms with van der Waals surface area (Å²) in [6, 6.07) is 33.8. The van der Waals surface area contributed by atoms with Crippen LogP contribution in [0.15, 0.2) is 109 Å². The molecule has 1 heterocycles. The van der Waals surface area contributed by atoms with Gasteiger partial charge in [-0.2, -0.15) is 5.01 Å². The molecule has 198 valence electrons. The summed E-state index contributed by atoms with van der Waals surface area (Å²) in [6.45, 7) is 2.53. The minimum Gasteiger partial charge on any atom is -0.489 e. The lowest BCUT2D eigenvalue weighted by Gasteiger charge is -2.37. The highest BCUT2D eigenvalue weighted by atomic mass is 16.6. The van der Waals surface area contributed by atoms with Gasteiger partial charge in [0.25, 0.3) is 0 Å². The van der Waals surface area contributed by atoms with Crippen LogP contribution in [0.3, 0.4) is 0 Å². The molecule has 8 nitrogen and oxygen atoms in total. The van der Waals surface area contributed by atoms with Crippen molar-refractivity contribution >= 4 is 23.6 Å². The number of amides is 2. The van der Waals surface area contributed by atoms with Crippen molar-refractivity contribution < 1.29 is 23.8 Å². The third kappa shape index (κ3) is 6.30. The predicted octanol–water partition coefficient (Wildman–Crippen LogP) is 6.39. The molecule has 39 heavy (non-hydrogen) atoms. The molecule has 2 N–H and O–H groups in total. The SMILES string of the molecule is CC1(c2ccccc2)COc2cc(N(NC(=O)OCc3ccccc3)C(=O)OCc3ccccc3)ccc2N1. The van der Waals surface area contributed by atoms with Gasteiger partial charge in [-0.1, -0.05) is 91.0 Å². The first-order chi connectivity index (χ1) is 19.0. The third-order valence-corrected chi connectivity index (χ3v) is 6.36. The van der Waals surface area contributed by atoms with Crippen molar-refractivity contribution in [2.45, 2.75) is 25.7 Å². The van der Waals surface area contributed by atoms with Crippen molar-refractivity contribution in [1.82, 2.24) is 5.43 Å². The maximum atomic E-state index is 13.2. The molecule has 0 saturated heterocycles. The lowest BCUT2D eigenvalue weighted by atomic mass is 9.91. The number of hydrazine groups is 1. The Labute approximate surface area is 227 Å². The fourth-order valence-electron chi connectivity index (χ4n) is 4.24. The van der Waals surface area contributed by atoms with Crippen LogP contribution in [0.2, 0.25) is 0 Å². The minimum atomic E-state index is -0.802. The topological polar surface area (TPSA) is 89.1 Å². The van der Waals surface area contributed by atoms with E-state index in [1.807, 2.05) is 91.0 Å². The smallest absolute Gasteiger partial charge is 0.433 e. The van der Waals surface area contributed by atoms with Crippen molar-refractivity contribution in [3.05, 3.63) is 126 Å². The van der Waals surface area contributed by atoms with E-state index >= 15 is 0 Å². The second-order valence-electron chi connectivity index (χ2n) is 9.34. The van der Waals surface area contributed by atoms with Gasteiger partial charge in [0.2, 0.25) is 0 Å². The second kappa shape index (κ2) is 11.6. The zero-order chi connectivity index (χ0) is 27.1. The van der Waals surface area contributed by atoms with E-state index < -0.39 is 17.7 Å². The molecule has 0 fully saturated rings. The molecule has 2 amide bonds. The standard InChI is InChI=1S/C31H29N3O5/c1-31(25-15-9-4-10-16-25)22-39-28-19-26(17-18-27(28)32-31)34(30(36)38-21-24-13-7-3-8-14-24)33-29(35)37-20-23-11-5-2-6-12-23/h2-19,32H,20-22H2,1H3,(H,33,35). The predicted molar refractivity (Wildman–Crippen MR) is 148 cm³/mol. The number of anilines is 2. The van der Waals surface area contributed by atoms with E-state index in [0.29, 0.717) is 18.0 Å². The number of fused-ring (bicyclic) bond motifs is 1. The first-order valence-electron chi connectivity index (χ1n) is 12.6. The molecule has 1 aliphatic heterocycles. The molecule has 0 bridgehead atoms. The number of carbonyl (C=O) groups is 2.